The molecule has 0 atom stereocenters. The van der Waals surface area contributed by atoms with Gasteiger partial charge in [0.05, 0.1) is 6.54 Å². The fourth-order valence-corrected chi connectivity index (χ4v) is 2.31. The predicted octanol–water partition coefficient (Wildman–Crippen LogP) is 0.0705. The Labute approximate surface area is 110 Å². The molecular formula is C13H27N3O2. The lowest BCUT2D eigenvalue weighted by molar-refractivity contribution is -0.122. The number of hydrogen-bond acceptors (Lipinski definition) is 4. The Kier molecular flexibility index (Phi) is 7.96. The van der Waals surface area contributed by atoms with Crippen molar-refractivity contribution in [3.63, 3.8) is 0 Å². The number of nitrogens with one attached hydrogen (secondary N) is 2. The highest BCUT2D eigenvalue weighted by Gasteiger charge is 2.16. The number of carbonyl (C=O) groups excluding carboxylic acids is 1. The number of rotatable bonds is 8. The van der Waals surface area contributed by atoms with E-state index in [0.29, 0.717) is 19.7 Å². The van der Waals surface area contributed by atoms with Gasteiger partial charge in [-0.25, -0.2) is 0 Å². The van der Waals surface area contributed by atoms with Gasteiger partial charge in [0.1, 0.15) is 0 Å². The normalized spacial score (nSPS) is 17.1. The molecule has 1 rings (SSSR count). The number of likely N-dealkylation sites (N-methyl/N-ethyl adjacent to an activating group) is 1. The molecule has 0 bridgehead atoms. The number of hydrogen-bond donors (Lipinski definition) is 2. The first kappa shape index (κ1) is 15.4. The van der Waals surface area contributed by atoms with Crippen molar-refractivity contribution in [3.05, 3.63) is 0 Å². The van der Waals surface area contributed by atoms with Crippen molar-refractivity contribution in [2.45, 2.75) is 19.3 Å². The molecule has 1 amide bonds. The average molecular weight is 257 g/mol. The fourth-order valence-electron chi connectivity index (χ4n) is 2.31. The van der Waals surface area contributed by atoms with Gasteiger partial charge in [-0.1, -0.05) is 0 Å². The standard InChI is InChI=1S/C13H27N3O2/c1-16(10-12-4-7-14-8-5-12)11-13(17)15-6-3-9-18-2/h12,14H,3-11H2,1-2H3,(H,15,17). The first-order valence-electron chi connectivity index (χ1n) is 6.87. The maximum atomic E-state index is 11.7. The molecule has 0 aliphatic carbocycles. The number of ether oxygens (including phenoxy) is 1. The van der Waals surface area contributed by atoms with E-state index in [1.807, 2.05) is 7.05 Å². The Morgan fingerprint density at radius 3 is 2.83 bits per heavy atom. The molecule has 2 N–H and O–H groups in total. The van der Waals surface area contributed by atoms with Crippen LogP contribution in [-0.4, -0.2) is 64.3 Å². The number of methoxy groups -OCH3 is 1. The summed E-state index contributed by atoms with van der Waals surface area (Å²) in [5.41, 5.74) is 0. The maximum Gasteiger partial charge on any atom is 0.234 e. The topological polar surface area (TPSA) is 53.6 Å². The van der Waals surface area contributed by atoms with E-state index in [-0.39, 0.29) is 5.91 Å². The smallest absolute Gasteiger partial charge is 0.234 e. The van der Waals surface area contributed by atoms with E-state index in [1.54, 1.807) is 7.11 Å². The van der Waals surface area contributed by atoms with E-state index >= 15 is 0 Å². The second-order valence-electron chi connectivity index (χ2n) is 5.09. The SMILES string of the molecule is COCCCNC(=O)CN(C)CC1CCNCC1. The zero-order chi connectivity index (χ0) is 13.2. The van der Waals surface area contributed by atoms with Gasteiger partial charge in [-0.2, -0.15) is 0 Å². The molecule has 1 aliphatic heterocycles. The summed E-state index contributed by atoms with van der Waals surface area (Å²) in [6, 6.07) is 0. The van der Waals surface area contributed by atoms with Crippen LogP contribution in [0.25, 0.3) is 0 Å². The minimum absolute atomic E-state index is 0.113. The molecule has 0 aromatic carbocycles. The van der Waals surface area contributed by atoms with Crippen LogP contribution in [0.1, 0.15) is 19.3 Å². The van der Waals surface area contributed by atoms with Gasteiger partial charge in [0, 0.05) is 26.8 Å². The summed E-state index contributed by atoms with van der Waals surface area (Å²) < 4.78 is 4.94. The van der Waals surface area contributed by atoms with Crippen LogP contribution >= 0.6 is 0 Å². The maximum absolute atomic E-state index is 11.7. The molecule has 5 heteroatoms. The third kappa shape index (κ3) is 6.93. The van der Waals surface area contributed by atoms with Crippen molar-refractivity contribution in [1.82, 2.24) is 15.5 Å². The minimum Gasteiger partial charge on any atom is -0.385 e. The molecule has 0 aromatic heterocycles. The molecule has 0 unspecified atom stereocenters. The predicted molar refractivity (Wildman–Crippen MR) is 72.6 cm³/mol. The summed E-state index contributed by atoms with van der Waals surface area (Å²) in [5, 5.41) is 6.27. The van der Waals surface area contributed by atoms with Gasteiger partial charge in [-0.3, -0.25) is 9.69 Å². The molecule has 1 heterocycles. The monoisotopic (exact) mass is 257 g/mol. The number of amides is 1. The van der Waals surface area contributed by atoms with E-state index in [9.17, 15) is 4.79 Å². The van der Waals surface area contributed by atoms with Crippen LogP contribution in [0.4, 0.5) is 0 Å². The Balaban J connectivity index is 2.06. The lowest BCUT2D eigenvalue weighted by Gasteiger charge is -2.27. The second-order valence-corrected chi connectivity index (χ2v) is 5.09. The minimum atomic E-state index is 0.113. The summed E-state index contributed by atoms with van der Waals surface area (Å²) in [7, 11) is 3.70. The lowest BCUT2D eigenvalue weighted by Crippen LogP contribution is -2.40. The highest BCUT2D eigenvalue weighted by atomic mass is 16.5. The summed E-state index contributed by atoms with van der Waals surface area (Å²) in [6.45, 7) is 5.15. The lowest BCUT2D eigenvalue weighted by atomic mass is 9.98. The summed E-state index contributed by atoms with van der Waals surface area (Å²) in [4.78, 5) is 13.8. The number of nitrogens with zero attached hydrogens (tertiary/aromatic N) is 1. The molecule has 0 aromatic rings. The average Bonchev–Trinajstić information content (AvgIpc) is 2.35. The molecule has 5 nitrogen and oxygen atoms in total. The molecule has 18 heavy (non-hydrogen) atoms. The molecule has 106 valence electrons. The van der Waals surface area contributed by atoms with Gasteiger partial charge in [-0.15, -0.1) is 0 Å². The van der Waals surface area contributed by atoms with Crippen LogP contribution in [-0.2, 0) is 9.53 Å². The van der Waals surface area contributed by atoms with E-state index in [2.05, 4.69) is 15.5 Å². The largest absolute Gasteiger partial charge is 0.385 e. The first-order chi connectivity index (χ1) is 8.72. The van der Waals surface area contributed by atoms with Crippen molar-refractivity contribution in [2.75, 3.05) is 53.5 Å². The van der Waals surface area contributed by atoms with Crippen LogP contribution in [0.5, 0.6) is 0 Å². The quantitative estimate of drug-likeness (QED) is 0.604. The van der Waals surface area contributed by atoms with Gasteiger partial charge < -0.3 is 15.4 Å². The van der Waals surface area contributed by atoms with Crippen molar-refractivity contribution in [3.8, 4) is 0 Å². The third-order valence-corrected chi connectivity index (χ3v) is 3.29. The van der Waals surface area contributed by atoms with Crippen LogP contribution < -0.4 is 10.6 Å². The van der Waals surface area contributed by atoms with Gasteiger partial charge >= 0.3 is 0 Å². The van der Waals surface area contributed by atoms with Crippen LogP contribution in [0.15, 0.2) is 0 Å². The van der Waals surface area contributed by atoms with Crippen molar-refractivity contribution in [1.29, 1.82) is 0 Å². The number of piperidine rings is 1. The van der Waals surface area contributed by atoms with E-state index in [4.69, 9.17) is 4.74 Å². The zero-order valence-electron chi connectivity index (χ0n) is 11.7. The summed E-state index contributed by atoms with van der Waals surface area (Å²) in [5.74, 6) is 0.847. The Morgan fingerprint density at radius 2 is 2.17 bits per heavy atom. The van der Waals surface area contributed by atoms with E-state index in [0.717, 1.165) is 32.0 Å². The Morgan fingerprint density at radius 1 is 1.44 bits per heavy atom. The second kappa shape index (κ2) is 9.30. The van der Waals surface area contributed by atoms with Crippen LogP contribution in [0.3, 0.4) is 0 Å². The van der Waals surface area contributed by atoms with Crippen LogP contribution in [0.2, 0.25) is 0 Å². The highest BCUT2D eigenvalue weighted by Crippen LogP contribution is 2.12. The Bertz CT molecular complexity index is 230. The molecule has 1 aliphatic rings. The third-order valence-electron chi connectivity index (χ3n) is 3.29. The van der Waals surface area contributed by atoms with Gasteiger partial charge in [0.25, 0.3) is 0 Å². The molecule has 0 saturated carbocycles. The van der Waals surface area contributed by atoms with Gasteiger partial charge in [-0.05, 0) is 45.3 Å². The summed E-state index contributed by atoms with van der Waals surface area (Å²) >= 11 is 0. The molecular weight excluding hydrogens is 230 g/mol. The van der Waals surface area contributed by atoms with E-state index in [1.165, 1.54) is 12.8 Å². The molecule has 0 spiro atoms. The van der Waals surface area contributed by atoms with E-state index < -0.39 is 0 Å². The molecule has 1 saturated heterocycles. The first-order valence-corrected chi connectivity index (χ1v) is 6.87. The number of carbonyl (C=O) groups is 1. The highest BCUT2D eigenvalue weighted by molar-refractivity contribution is 5.77. The molecule has 0 radical (unpaired) electrons. The van der Waals surface area contributed by atoms with Crippen molar-refractivity contribution in [2.24, 2.45) is 5.92 Å². The fraction of sp³-hybridized carbons (Fsp3) is 0.923. The van der Waals surface area contributed by atoms with Crippen molar-refractivity contribution >= 4 is 5.91 Å². The summed E-state index contributed by atoms with van der Waals surface area (Å²) in [6.07, 6.45) is 3.32. The van der Waals surface area contributed by atoms with Crippen molar-refractivity contribution < 1.29 is 9.53 Å². The Hall–Kier alpha value is -0.650. The van der Waals surface area contributed by atoms with Gasteiger partial charge in [0.2, 0.25) is 5.91 Å². The zero-order valence-corrected chi connectivity index (χ0v) is 11.7. The molecule has 1 fully saturated rings. The van der Waals surface area contributed by atoms with Gasteiger partial charge in [0.15, 0.2) is 0 Å². The van der Waals surface area contributed by atoms with Crippen LogP contribution in [0, 0.1) is 5.92 Å².